The summed E-state index contributed by atoms with van der Waals surface area (Å²) in [7, 11) is 0. The van der Waals surface area contributed by atoms with Crippen LogP contribution in [0.25, 0.3) is 10.9 Å². The summed E-state index contributed by atoms with van der Waals surface area (Å²) in [5.74, 6) is -0.0684. The monoisotopic (exact) mass is 639 g/mol. The minimum atomic E-state index is -0.587. The standard InChI is InChI=1S/C28H33BrClF2N5O3/c1-27(2,3)40-26(38)37-17-5-6-18(37)14-35(13-17)24-19-9-20(30)21(29)22(32)23(19)33-25(34-24)39-15-28-7-4-8-36(28)12-16(10-28)11-31/h9,11,17-18H,4-8,10,12-15H2,1-3H3/b16-11-/t17-,18+,28?. The molecule has 40 heavy (non-hydrogen) atoms. The van der Waals surface area contributed by atoms with Gasteiger partial charge in [0.2, 0.25) is 0 Å². The molecule has 1 aromatic carbocycles. The Labute approximate surface area is 245 Å². The Balaban J connectivity index is 1.32. The van der Waals surface area contributed by atoms with E-state index in [0.717, 1.165) is 37.8 Å². The number of anilines is 1. The van der Waals surface area contributed by atoms with Crippen LogP contribution in [0.3, 0.4) is 0 Å². The molecule has 3 atom stereocenters. The molecule has 4 fully saturated rings. The average molecular weight is 641 g/mol. The van der Waals surface area contributed by atoms with Crippen LogP contribution in [0.4, 0.5) is 19.4 Å². The van der Waals surface area contributed by atoms with Gasteiger partial charge in [0, 0.05) is 25.0 Å². The van der Waals surface area contributed by atoms with Gasteiger partial charge in [-0.3, -0.25) is 9.80 Å². The minimum Gasteiger partial charge on any atom is -0.461 e. The number of halogens is 4. The number of nitrogens with zero attached hydrogens (tertiary/aromatic N) is 5. The van der Waals surface area contributed by atoms with Crippen LogP contribution in [-0.2, 0) is 4.74 Å². The summed E-state index contributed by atoms with van der Waals surface area (Å²) in [6, 6.07) is 1.61. The molecule has 2 aromatic rings. The third kappa shape index (κ3) is 4.91. The van der Waals surface area contributed by atoms with Gasteiger partial charge in [0.1, 0.15) is 23.5 Å². The Morgan fingerprint density at radius 1 is 1.27 bits per heavy atom. The molecule has 8 nitrogen and oxygen atoms in total. The maximum Gasteiger partial charge on any atom is 0.410 e. The maximum atomic E-state index is 15.5. The van der Waals surface area contributed by atoms with Gasteiger partial charge in [-0.1, -0.05) is 11.6 Å². The number of fused-ring (bicyclic) bond motifs is 4. The van der Waals surface area contributed by atoms with Gasteiger partial charge in [0.05, 0.1) is 33.4 Å². The molecular weight excluding hydrogens is 608 g/mol. The van der Waals surface area contributed by atoms with E-state index in [9.17, 15) is 9.18 Å². The SMILES string of the molecule is CC(C)(C)OC(=O)N1[C@@H]2CC[C@H]1CN(c1nc(OCC34CCCN3C/C(=C\F)C4)nc3c(F)c(Br)c(Cl)cc13)C2. The molecule has 0 spiro atoms. The van der Waals surface area contributed by atoms with E-state index in [1.165, 1.54) is 0 Å². The Morgan fingerprint density at radius 2 is 2.00 bits per heavy atom. The molecule has 4 aliphatic heterocycles. The topological polar surface area (TPSA) is 71.0 Å². The number of carbonyl (C=O) groups is 1. The Hall–Kier alpha value is -2.24. The third-order valence-corrected chi connectivity index (χ3v) is 9.79. The zero-order chi connectivity index (χ0) is 28.4. The minimum absolute atomic E-state index is 0.0610. The smallest absolute Gasteiger partial charge is 0.410 e. The molecule has 0 N–H and O–H groups in total. The molecule has 216 valence electrons. The highest BCUT2D eigenvalue weighted by Crippen LogP contribution is 2.43. The summed E-state index contributed by atoms with van der Waals surface area (Å²) in [6.07, 6.45) is 4.57. The van der Waals surface area contributed by atoms with Gasteiger partial charge in [-0.05, 0) is 87.0 Å². The molecule has 0 saturated carbocycles. The van der Waals surface area contributed by atoms with Crippen LogP contribution in [0.5, 0.6) is 6.01 Å². The lowest BCUT2D eigenvalue weighted by Gasteiger charge is -2.42. The quantitative estimate of drug-likeness (QED) is 0.367. The second-order valence-electron chi connectivity index (χ2n) is 12.4. The molecule has 4 saturated heterocycles. The van der Waals surface area contributed by atoms with Crippen LogP contribution in [0.1, 0.15) is 52.9 Å². The van der Waals surface area contributed by atoms with Crippen molar-refractivity contribution < 1.29 is 23.0 Å². The van der Waals surface area contributed by atoms with E-state index < -0.39 is 11.4 Å². The van der Waals surface area contributed by atoms with Crippen LogP contribution >= 0.6 is 27.5 Å². The van der Waals surface area contributed by atoms with Gasteiger partial charge in [-0.25, -0.2) is 13.6 Å². The fourth-order valence-corrected chi connectivity index (χ4v) is 7.28. The van der Waals surface area contributed by atoms with Crippen LogP contribution in [0.15, 0.2) is 22.4 Å². The van der Waals surface area contributed by atoms with Crippen molar-refractivity contribution in [2.75, 3.05) is 37.7 Å². The molecular formula is C28H33BrClF2N5O3. The van der Waals surface area contributed by atoms with Crippen molar-refractivity contribution in [3.8, 4) is 6.01 Å². The fourth-order valence-electron chi connectivity index (χ4n) is 6.78. The van der Waals surface area contributed by atoms with Gasteiger partial charge in [-0.15, -0.1) is 0 Å². The van der Waals surface area contributed by atoms with E-state index in [-0.39, 0.29) is 51.3 Å². The van der Waals surface area contributed by atoms with Crippen molar-refractivity contribution in [1.82, 2.24) is 19.8 Å². The number of ether oxygens (including phenoxy) is 2. The average Bonchev–Trinajstić information content (AvgIpc) is 3.53. The Kier molecular flexibility index (Phi) is 7.14. The summed E-state index contributed by atoms with van der Waals surface area (Å²) >= 11 is 9.61. The van der Waals surface area contributed by atoms with Crippen molar-refractivity contribution >= 4 is 50.3 Å². The van der Waals surface area contributed by atoms with Crippen LogP contribution in [0, 0.1) is 5.82 Å². The summed E-state index contributed by atoms with van der Waals surface area (Å²) in [6.45, 7) is 8.36. The normalized spacial score (nSPS) is 27.6. The number of piperazine rings is 1. The second kappa shape index (κ2) is 10.2. The molecule has 5 heterocycles. The van der Waals surface area contributed by atoms with E-state index in [4.69, 9.17) is 26.1 Å². The van der Waals surface area contributed by atoms with Crippen LogP contribution in [-0.4, -0.2) is 81.9 Å². The number of hydrogen-bond acceptors (Lipinski definition) is 7. The van der Waals surface area contributed by atoms with Gasteiger partial charge >= 0.3 is 12.1 Å². The van der Waals surface area contributed by atoms with Gasteiger partial charge in [-0.2, -0.15) is 9.97 Å². The van der Waals surface area contributed by atoms with Crippen molar-refractivity contribution in [2.24, 2.45) is 0 Å². The number of aromatic nitrogens is 2. The van der Waals surface area contributed by atoms with Crippen molar-refractivity contribution in [3.63, 3.8) is 0 Å². The second-order valence-corrected chi connectivity index (χ2v) is 13.6. The number of amides is 1. The highest BCUT2D eigenvalue weighted by atomic mass is 79.9. The fraction of sp³-hybridized carbons (Fsp3) is 0.607. The molecule has 1 unspecified atom stereocenters. The summed E-state index contributed by atoms with van der Waals surface area (Å²) in [5, 5.41) is 0.697. The Bertz CT molecular complexity index is 1370. The first-order valence-corrected chi connectivity index (χ1v) is 14.9. The van der Waals surface area contributed by atoms with Gasteiger partial charge in [0.15, 0.2) is 5.82 Å². The number of hydrogen-bond donors (Lipinski definition) is 0. The molecule has 6 rings (SSSR count). The molecule has 1 amide bonds. The highest BCUT2D eigenvalue weighted by Gasteiger charge is 2.48. The van der Waals surface area contributed by atoms with Gasteiger partial charge < -0.3 is 14.4 Å². The lowest BCUT2D eigenvalue weighted by molar-refractivity contribution is 0.0122. The zero-order valence-corrected chi connectivity index (χ0v) is 25.2. The highest BCUT2D eigenvalue weighted by molar-refractivity contribution is 9.10. The van der Waals surface area contributed by atoms with Crippen molar-refractivity contribution in [2.45, 2.75) is 76.1 Å². The predicted molar refractivity (Wildman–Crippen MR) is 152 cm³/mol. The van der Waals surface area contributed by atoms with E-state index in [1.54, 1.807) is 6.07 Å². The van der Waals surface area contributed by atoms with Crippen LogP contribution < -0.4 is 9.64 Å². The first-order valence-electron chi connectivity index (χ1n) is 13.8. The number of benzene rings is 1. The molecule has 4 aliphatic rings. The van der Waals surface area contributed by atoms with E-state index in [2.05, 4.69) is 30.7 Å². The third-order valence-electron chi connectivity index (χ3n) is 8.49. The molecule has 12 heteroatoms. The first-order chi connectivity index (χ1) is 19.0. The van der Waals surface area contributed by atoms with Gasteiger partial charge in [0.25, 0.3) is 0 Å². The molecule has 1 aromatic heterocycles. The zero-order valence-electron chi connectivity index (χ0n) is 22.9. The molecule has 2 bridgehead atoms. The van der Waals surface area contributed by atoms with E-state index >= 15 is 4.39 Å². The summed E-state index contributed by atoms with van der Waals surface area (Å²) in [4.78, 5) is 28.4. The number of carbonyl (C=O) groups excluding carboxylic acids is 1. The van der Waals surface area contributed by atoms with Crippen molar-refractivity contribution in [3.05, 3.63) is 33.3 Å². The lowest BCUT2D eigenvalue weighted by Crippen LogP contribution is -2.57. The van der Waals surface area contributed by atoms with Crippen LogP contribution in [0.2, 0.25) is 5.02 Å². The maximum absolute atomic E-state index is 15.5. The van der Waals surface area contributed by atoms with Crippen molar-refractivity contribution in [1.29, 1.82) is 0 Å². The first kappa shape index (κ1) is 27.9. The Morgan fingerprint density at radius 3 is 2.67 bits per heavy atom. The summed E-state index contributed by atoms with van der Waals surface area (Å²) < 4.78 is 40.9. The van der Waals surface area contributed by atoms with E-state index in [0.29, 0.717) is 43.6 Å². The van der Waals surface area contributed by atoms with E-state index in [1.807, 2.05) is 25.7 Å². The number of rotatable bonds is 4. The largest absolute Gasteiger partial charge is 0.461 e. The lowest BCUT2D eigenvalue weighted by atomic mass is 9.94. The summed E-state index contributed by atoms with van der Waals surface area (Å²) in [5.41, 5.74) is -0.0341. The molecule has 0 aliphatic carbocycles. The predicted octanol–water partition coefficient (Wildman–Crippen LogP) is 6.24. The molecule has 0 radical (unpaired) electrons.